The van der Waals surface area contributed by atoms with Crippen molar-refractivity contribution >= 4 is 28.4 Å². The van der Waals surface area contributed by atoms with Gasteiger partial charge >= 0.3 is 0 Å². The van der Waals surface area contributed by atoms with Crippen molar-refractivity contribution < 1.29 is 4.79 Å². The van der Waals surface area contributed by atoms with E-state index in [9.17, 15) is 4.79 Å². The number of rotatable bonds is 4. The van der Waals surface area contributed by atoms with Gasteiger partial charge in [-0.15, -0.1) is 0 Å². The van der Waals surface area contributed by atoms with Crippen molar-refractivity contribution in [3.05, 3.63) is 51.4 Å². The van der Waals surface area contributed by atoms with Gasteiger partial charge in [0.1, 0.15) is 0 Å². The second kappa shape index (κ2) is 5.44. The molecule has 0 N–H and O–H groups in total. The van der Waals surface area contributed by atoms with Crippen molar-refractivity contribution in [3.63, 3.8) is 0 Å². The largest absolute Gasteiger partial charge is 0.288 e. The molecule has 0 amide bonds. The van der Waals surface area contributed by atoms with Crippen LogP contribution in [0.4, 0.5) is 0 Å². The number of carbonyl (C=O) groups excluding carboxylic acids is 1. The molecular formula is C13H13IN2O. The summed E-state index contributed by atoms with van der Waals surface area (Å²) in [4.78, 5) is 12.2. The van der Waals surface area contributed by atoms with Crippen LogP contribution in [0, 0.1) is 3.57 Å². The molecule has 0 fully saturated rings. The lowest BCUT2D eigenvalue weighted by molar-refractivity contribution is 0.103. The molecule has 0 unspecified atom stereocenters. The molecule has 0 saturated heterocycles. The lowest BCUT2D eigenvalue weighted by Gasteiger charge is -2.00. The maximum Gasteiger partial charge on any atom is 0.197 e. The van der Waals surface area contributed by atoms with Crippen LogP contribution in [0.15, 0.2) is 36.7 Å². The van der Waals surface area contributed by atoms with Crippen molar-refractivity contribution in [2.24, 2.45) is 0 Å². The summed E-state index contributed by atoms with van der Waals surface area (Å²) in [5.74, 6) is 0.0392. The molecule has 1 heterocycles. The Labute approximate surface area is 114 Å². The first-order valence-electron chi connectivity index (χ1n) is 5.54. The number of aromatic nitrogens is 2. The van der Waals surface area contributed by atoms with Crippen LogP contribution >= 0.6 is 22.6 Å². The van der Waals surface area contributed by atoms with Crippen molar-refractivity contribution in [2.75, 3.05) is 0 Å². The topological polar surface area (TPSA) is 34.9 Å². The summed E-state index contributed by atoms with van der Waals surface area (Å²) < 4.78 is 2.78. The van der Waals surface area contributed by atoms with Gasteiger partial charge in [-0.2, -0.15) is 5.10 Å². The number of benzene rings is 1. The van der Waals surface area contributed by atoms with Crippen LogP contribution in [0.25, 0.3) is 0 Å². The Bertz CT molecular complexity index is 534. The highest BCUT2D eigenvalue weighted by Crippen LogP contribution is 2.16. The second-order valence-corrected chi connectivity index (χ2v) is 4.96. The van der Waals surface area contributed by atoms with Crippen LogP contribution in [0.5, 0.6) is 0 Å². The zero-order valence-corrected chi connectivity index (χ0v) is 11.7. The van der Waals surface area contributed by atoms with Gasteiger partial charge in [-0.1, -0.05) is 19.1 Å². The Kier molecular flexibility index (Phi) is 3.93. The van der Waals surface area contributed by atoms with E-state index in [1.165, 1.54) is 0 Å². The Balaban J connectivity index is 2.28. The highest BCUT2D eigenvalue weighted by molar-refractivity contribution is 14.1. The highest BCUT2D eigenvalue weighted by Gasteiger charge is 2.13. The average Bonchev–Trinajstić information content (AvgIpc) is 2.78. The van der Waals surface area contributed by atoms with Gasteiger partial charge in [-0.05, 0) is 41.1 Å². The summed E-state index contributed by atoms with van der Waals surface area (Å²) in [5, 5.41) is 4.18. The van der Waals surface area contributed by atoms with Crippen molar-refractivity contribution in [3.8, 4) is 0 Å². The molecule has 0 aliphatic carbocycles. The molecule has 0 aliphatic rings. The first kappa shape index (κ1) is 12.3. The summed E-state index contributed by atoms with van der Waals surface area (Å²) in [6.45, 7) is 2.93. The fourth-order valence-corrected chi connectivity index (χ4v) is 2.27. The number of hydrogen-bond donors (Lipinski definition) is 0. The summed E-state index contributed by atoms with van der Waals surface area (Å²) in [7, 11) is 0. The summed E-state index contributed by atoms with van der Waals surface area (Å²) in [6.07, 6.45) is 4.47. The van der Waals surface area contributed by atoms with Gasteiger partial charge in [-0.25, -0.2) is 0 Å². The Morgan fingerprint density at radius 2 is 2.18 bits per heavy atom. The number of halogens is 1. The van der Waals surface area contributed by atoms with E-state index >= 15 is 0 Å². The van der Waals surface area contributed by atoms with Gasteiger partial charge < -0.3 is 0 Å². The standard InChI is InChI=1S/C13H13IN2O/c1-2-7-16-9-10(8-15-16)13(17)11-5-3-4-6-12(11)14/h3-6,8-9H,2,7H2,1H3. The zero-order chi connectivity index (χ0) is 12.3. The van der Waals surface area contributed by atoms with Gasteiger partial charge in [0.25, 0.3) is 0 Å². The van der Waals surface area contributed by atoms with Gasteiger partial charge in [0.2, 0.25) is 0 Å². The predicted octanol–water partition coefficient (Wildman–Crippen LogP) is 3.13. The molecular weight excluding hydrogens is 327 g/mol. The number of nitrogens with zero attached hydrogens (tertiary/aromatic N) is 2. The Hall–Kier alpha value is -1.17. The minimum absolute atomic E-state index is 0.0392. The molecule has 0 atom stereocenters. The quantitative estimate of drug-likeness (QED) is 0.633. The van der Waals surface area contributed by atoms with Crippen LogP contribution < -0.4 is 0 Å². The van der Waals surface area contributed by atoms with Gasteiger partial charge in [0.05, 0.1) is 11.8 Å². The maximum absolute atomic E-state index is 12.2. The lowest BCUT2D eigenvalue weighted by atomic mass is 10.1. The van der Waals surface area contributed by atoms with E-state index in [0.29, 0.717) is 5.56 Å². The minimum Gasteiger partial charge on any atom is -0.288 e. The monoisotopic (exact) mass is 340 g/mol. The smallest absolute Gasteiger partial charge is 0.197 e. The molecule has 88 valence electrons. The maximum atomic E-state index is 12.2. The second-order valence-electron chi connectivity index (χ2n) is 3.80. The third-order valence-corrected chi connectivity index (χ3v) is 3.41. The van der Waals surface area contributed by atoms with Gasteiger partial charge in [0, 0.05) is 21.9 Å². The van der Waals surface area contributed by atoms with Crippen LogP contribution in [-0.4, -0.2) is 15.6 Å². The Morgan fingerprint density at radius 1 is 1.41 bits per heavy atom. The zero-order valence-electron chi connectivity index (χ0n) is 9.56. The van der Waals surface area contributed by atoms with Gasteiger partial charge in [0.15, 0.2) is 5.78 Å². The van der Waals surface area contributed by atoms with Crippen molar-refractivity contribution in [1.29, 1.82) is 0 Å². The lowest BCUT2D eigenvalue weighted by Crippen LogP contribution is -2.02. The number of carbonyl (C=O) groups is 1. The molecule has 1 aromatic carbocycles. The fraction of sp³-hybridized carbons (Fsp3) is 0.231. The van der Waals surface area contributed by atoms with E-state index in [1.807, 2.05) is 35.1 Å². The molecule has 4 heteroatoms. The van der Waals surface area contributed by atoms with Gasteiger partial charge in [-0.3, -0.25) is 9.48 Å². The molecule has 0 bridgehead atoms. The highest BCUT2D eigenvalue weighted by atomic mass is 127. The third kappa shape index (κ3) is 2.74. The molecule has 17 heavy (non-hydrogen) atoms. The summed E-state index contributed by atoms with van der Waals surface area (Å²) in [5.41, 5.74) is 1.40. The number of hydrogen-bond acceptors (Lipinski definition) is 2. The molecule has 0 saturated carbocycles. The molecule has 0 aliphatic heterocycles. The average molecular weight is 340 g/mol. The van der Waals surface area contributed by atoms with E-state index in [0.717, 1.165) is 22.1 Å². The van der Waals surface area contributed by atoms with E-state index in [1.54, 1.807) is 6.20 Å². The molecule has 2 aromatic rings. The number of ketones is 1. The van der Waals surface area contributed by atoms with Crippen LogP contribution in [0.1, 0.15) is 29.3 Å². The first-order valence-corrected chi connectivity index (χ1v) is 6.62. The van der Waals surface area contributed by atoms with Crippen molar-refractivity contribution in [1.82, 2.24) is 9.78 Å². The van der Waals surface area contributed by atoms with E-state index < -0.39 is 0 Å². The normalized spacial score (nSPS) is 10.5. The Morgan fingerprint density at radius 3 is 2.88 bits per heavy atom. The minimum atomic E-state index is 0.0392. The van der Waals surface area contributed by atoms with E-state index in [-0.39, 0.29) is 5.78 Å². The molecule has 3 nitrogen and oxygen atoms in total. The van der Waals surface area contributed by atoms with E-state index in [4.69, 9.17) is 0 Å². The van der Waals surface area contributed by atoms with Crippen LogP contribution in [0.3, 0.4) is 0 Å². The SMILES string of the molecule is CCCn1cc(C(=O)c2ccccc2I)cn1. The third-order valence-electron chi connectivity index (χ3n) is 2.47. The molecule has 2 rings (SSSR count). The summed E-state index contributed by atoms with van der Waals surface area (Å²) in [6, 6.07) is 7.59. The molecule has 0 spiro atoms. The van der Waals surface area contributed by atoms with E-state index in [2.05, 4.69) is 34.6 Å². The fourth-order valence-electron chi connectivity index (χ4n) is 1.63. The summed E-state index contributed by atoms with van der Waals surface area (Å²) >= 11 is 2.18. The number of aryl methyl sites for hydroxylation is 1. The van der Waals surface area contributed by atoms with Crippen LogP contribution in [0.2, 0.25) is 0 Å². The first-order chi connectivity index (χ1) is 8.22. The molecule has 0 radical (unpaired) electrons. The predicted molar refractivity (Wildman–Crippen MR) is 75.1 cm³/mol. The van der Waals surface area contributed by atoms with Crippen LogP contribution in [-0.2, 0) is 6.54 Å². The van der Waals surface area contributed by atoms with Crippen molar-refractivity contribution in [2.45, 2.75) is 19.9 Å². The molecule has 1 aromatic heterocycles.